The molecule has 0 fully saturated rings. The molecule has 1 amide bonds. The van der Waals surface area contributed by atoms with Gasteiger partial charge in [-0.25, -0.2) is 18.5 Å². The van der Waals surface area contributed by atoms with E-state index in [0.29, 0.717) is 11.4 Å². The molecule has 0 aliphatic rings. The number of pyridine rings is 1. The molecule has 110 valence electrons. The number of carbonyl (C=O) groups excluding carboxylic acids is 1. The average Bonchev–Trinajstić information content (AvgIpc) is 2.40. The summed E-state index contributed by atoms with van der Waals surface area (Å²) in [7, 11) is -3.79. The lowest BCUT2D eigenvalue weighted by Crippen LogP contribution is -2.12. The van der Waals surface area contributed by atoms with Crippen molar-refractivity contribution < 1.29 is 17.9 Å². The largest absolute Gasteiger partial charge is 0.437 e. The van der Waals surface area contributed by atoms with Gasteiger partial charge in [0.2, 0.25) is 21.8 Å². The molecular weight excluding hydrogens is 294 g/mol. The van der Waals surface area contributed by atoms with Gasteiger partial charge in [-0.05, 0) is 18.2 Å². The average molecular weight is 307 g/mol. The molecule has 3 N–H and O–H groups in total. The number of hydrogen-bond donors (Lipinski definition) is 2. The molecule has 0 unspecified atom stereocenters. The Kier molecular flexibility index (Phi) is 4.20. The van der Waals surface area contributed by atoms with Crippen molar-refractivity contribution in [2.24, 2.45) is 5.14 Å². The highest BCUT2D eigenvalue weighted by atomic mass is 32.2. The maximum atomic E-state index is 11.1. The second-order valence-electron chi connectivity index (χ2n) is 4.16. The maximum Gasteiger partial charge on any atom is 0.239 e. The molecular formula is C13H13N3O4S. The van der Waals surface area contributed by atoms with Crippen LogP contribution in [-0.4, -0.2) is 19.3 Å². The summed E-state index contributed by atoms with van der Waals surface area (Å²) < 4.78 is 27.8. The van der Waals surface area contributed by atoms with E-state index in [1.165, 1.54) is 19.1 Å². The van der Waals surface area contributed by atoms with Crippen molar-refractivity contribution in [3.05, 3.63) is 42.6 Å². The molecule has 0 saturated carbocycles. The van der Waals surface area contributed by atoms with Crippen LogP contribution in [0.3, 0.4) is 0 Å². The first kappa shape index (κ1) is 14.9. The summed E-state index contributed by atoms with van der Waals surface area (Å²) in [4.78, 5) is 14.9. The number of ether oxygens (including phenoxy) is 1. The summed E-state index contributed by atoms with van der Waals surface area (Å²) >= 11 is 0. The van der Waals surface area contributed by atoms with Gasteiger partial charge < -0.3 is 10.1 Å². The number of para-hydroxylation sites is 2. The smallest absolute Gasteiger partial charge is 0.239 e. The van der Waals surface area contributed by atoms with Gasteiger partial charge in [0.25, 0.3) is 0 Å². The lowest BCUT2D eigenvalue weighted by Gasteiger charge is -2.10. The lowest BCUT2D eigenvalue weighted by atomic mass is 10.3. The summed E-state index contributed by atoms with van der Waals surface area (Å²) in [5.41, 5.74) is 0.488. The molecule has 1 aromatic heterocycles. The van der Waals surface area contributed by atoms with Crippen molar-refractivity contribution in [2.75, 3.05) is 5.32 Å². The van der Waals surface area contributed by atoms with Crippen molar-refractivity contribution in [1.82, 2.24) is 4.98 Å². The third-order valence-corrected chi connectivity index (χ3v) is 3.35. The van der Waals surface area contributed by atoms with E-state index < -0.39 is 10.0 Å². The molecule has 0 spiro atoms. The van der Waals surface area contributed by atoms with Gasteiger partial charge in [-0.15, -0.1) is 0 Å². The molecule has 2 aromatic rings. The fourth-order valence-corrected chi connectivity index (χ4v) is 2.01. The fraction of sp³-hybridized carbons (Fsp3) is 0.0769. The first-order valence-electron chi connectivity index (χ1n) is 5.89. The quantitative estimate of drug-likeness (QED) is 0.888. The van der Waals surface area contributed by atoms with Gasteiger partial charge in [0.1, 0.15) is 4.90 Å². The zero-order valence-electron chi connectivity index (χ0n) is 11.1. The van der Waals surface area contributed by atoms with E-state index >= 15 is 0 Å². The van der Waals surface area contributed by atoms with Gasteiger partial charge in [-0.1, -0.05) is 12.1 Å². The molecule has 2 rings (SSSR count). The van der Waals surface area contributed by atoms with E-state index in [0.717, 1.165) is 6.20 Å². The van der Waals surface area contributed by atoms with Crippen LogP contribution < -0.4 is 15.2 Å². The molecule has 0 aliphatic carbocycles. The summed E-state index contributed by atoms with van der Waals surface area (Å²) in [6.45, 7) is 1.38. The molecule has 0 atom stereocenters. The number of primary sulfonamides is 1. The highest BCUT2D eigenvalue weighted by molar-refractivity contribution is 7.89. The van der Waals surface area contributed by atoms with Gasteiger partial charge in [0, 0.05) is 13.0 Å². The predicted octanol–water partition coefficient (Wildman–Crippen LogP) is 1.48. The van der Waals surface area contributed by atoms with Gasteiger partial charge >= 0.3 is 0 Å². The number of nitrogens with zero attached hydrogens (tertiary/aromatic N) is 1. The van der Waals surface area contributed by atoms with Gasteiger partial charge in [0.05, 0.1) is 11.9 Å². The molecule has 0 bridgehead atoms. The number of hydrogen-bond acceptors (Lipinski definition) is 5. The summed E-state index contributed by atoms with van der Waals surface area (Å²) in [5.74, 6) is 0.340. The number of amides is 1. The number of nitrogens with two attached hydrogens (primary N) is 1. The van der Waals surface area contributed by atoms with Crippen molar-refractivity contribution >= 4 is 21.6 Å². The van der Waals surface area contributed by atoms with Crippen LogP contribution in [0.5, 0.6) is 11.6 Å². The minimum atomic E-state index is -3.79. The van der Waals surface area contributed by atoms with Crippen LogP contribution in [0.2, 0.25) is 0 Å². The number of rotatable bonds is 4. The topological polar surface area (TPSA) is 111 Å². The number of carbonyl (C=O) groups is 1. The van der Waals surface area contributed by atoms with E-state index in [1.54, 1.807) is 24.3 Å². The number of anilines is 1. The number of benzene rings is 1. The second kappa shape index (κ2) is 5.90. The third kappa shape index (κ3) is 4.01. The normalized spacial score (nSPS) is 11.0. The van der Waals surface area contributed by atoms with Crippen molar-refractivity contribution in [3.63, 3.8) is 0 Å². The number of nitrogens with one attached hydrogen (secondary N) is 1. The van der Waals surface area contributed by atoms with Crippen LogP contribution in [-0.2, 0) is 14.8 Å². The molecule has 7 nitrogen and oxygen atoms in total. The zero-order valence-corrected chi connectivity index (χ0v) is 11.9. The fourth-order valence-electron chi connectivity index (χ4n) is 1.56. The molecule has 8 heteroatoms. The van der Waals surface area contributed by atoms with E-state index in [-0.39, 0.29) is 16.7 Å². The Balaban J connectivity index is 2.24. The Hall–Kier alpha value is -2.45. The van der Waals surface area contributed by atoms with Crippen LogP contribution in [0.15, 0.2) is 47.5 Å². The molecule has 1 aromatic carbocycles. The monoisotopic (exact) mass is 307 g/mol. The van der Waals surface area contributed by atoms with Crippen LogP contribution in [0.25, 0.3) is 0 Å². The number of aromatic nitrogens is 1. The molecule has 21 heavy (non-hydrogen) atoms. The van der Waals surface area contributed by atoms with E-state index in [4.69, 9.17) is 9.88 Å². The minimum Gasteiger partial charge on any atom is -0.437 e. The van der Waals surface area contributed by atoms with Crippen LogP contribution in [0, 0.1) is 0 Å². The van der Waals surface area contributed by atoms with Crippen LogP contribution in [0.1, 0.15) is 6.92 Å². The van der Waals surface area contributed by atoms with Crippen LogP contribution in [0.4, 0.5) is 5.69 Å². The van der Waals surface area contributed by atoms with Gasteiger partial charge in [-0.2, -0.15) is 0 Å². The Morgan fingerprint density at radius 3 is 2.52 bits per heavy atom. The summed E-state index contributed by atoms with van der Waals surface area (Å²) in [5, 5.41) is 7.60. The van der Waals surface area contributed by atoms with E-state index in [1.807, 2.05) is 0 Å². The highest BCUT2D eigenvalue weighted by Gasteiger charge is 2.10. The molecule has 0 radical (unpaired) electrons. The second-order valence-corrected chi connectivity index (χ2v) is 5.72. The van der Waals surface area contributed by atoms with Crippen molar-refractivity contribution in [3.8, 4) is 11.6 Å². The van der Waals surface area contributed by atoms with Crippen molar-refractivity contribution in [1.29, 1.82) is 0 Å². The van der Waals surface area contributed by atoms with Gasteiger partial charge in [-0.3, -0.25) is 4.79 Å². The summed E-state index contributed by atoms with van der Waals surface area (Å²) in [6, 6.07) is 9.48. The SMILES string of the molecule is CC(=O)Nc1ccccc1Oc1ccc(S(N)(=O)=O)cn1. The predicted molar refractivity (Wildman–Crippen MR) is 76.4 cm³/mol. The molecule has 0 aliphatic heterocycles. The maximum absolute atomic E-state index is 11.1. The Morgan fingerprint density at radius 2 is 1.95 bits per heavy atom. The number of sulfonamides is 1. The highest BCUT2D eigenvalue weighted by Crippen LogP contribution is 2.28. The molecule has 0 saturated heterocycles. The van der Waals surface area contributed by atoms with Gasteiger partial charge in [0.15, 0.2) is 5.75 Å². The first-order valence-corrected chi connectivity index (χ1v) is 7.44. The first-order chi connectivity index (χ1) is 9.86. The Bertz CT molecular complexity index is 757. The standard InChI is InChI=1S/C13H13N3O4S/c1-9(17)16-11-4-2-3-5-12(11)20-13-7-6-10(8-15-13)21(14,18)19/h2-8H,1H3,(H,16,17)(H2,14,18,19). The molecule has 1 heterocycles. The lowest BCUT2D eigenvalue weighted by molar-refractivity contribution is -0.114. The van der Waals surface area contributed by atoms with Crippen LogP contribution >= 0.6 is 0 Å². The zero-order chi connectivity index (χ0) is 15.5. The van der Waals surface area contributed by atoms with E-state index in [2.05, 4.69) is 10.3 Å². The summed E-state index contributed by atoms with van der Waals surface area (Å²) in [6.07, 6.45) is 1.10. The minimum absolute atomic E-state index is 0.106. The van der Waals surface area contributed by atoms with E-state index in [9.17, 15) is 13.2 Å². The van der Waals surface area contributed by atoms with Crippen molar-refractivity contribution in [2.45, 2.75) is 11.8 Å². The Morgan fingerprint density at radius 1 is 1.24 bits per heavy atom. The Labute approximate surface area is 121 Å². The third-order valence-electron chi connectivity index (χ3n) is 2.45.